The fourth-order valence-corrected chi connectivity index (χ4v) is 2.30. The molecule has 0 radical (unpaired) electrons. The minimum atomic E-state index is 0.456. The molecule has 0 aliphatic heterocycles. The number of alkyl halides is 1. The Balaban J connectivity index is 3.89. The molecule has 0 unspecified atom stereocenters. The highest BCUT2D eigenvalue weighted by atomic mass is 127. The summed E-state index contributed by atoms with van der Waals surface area (Å²) in [7, 11) is 0. The maximum Gasteiger partial charge on any atom is 0.0171 e. The van der Waals surface area contributed by atoms with E-state index in [4.69, 9.17) is 0 Å². The summed E-state index contributed by atoms with van der Waals surface area (Å²) < 4.78 is 0.456. The second kappa shape index (κ2) is 3.42. The Labute approximate surface area is 78.9 Å². The van der Waals surface area contributed by atoms with Crippen LogP contribution in [0.2, 0.25) is 0 Å². The highest BCUT2D eigenvalue weighted by Gasteiger charge is 2.24. The summed E-state index contributed by atoms with van der Waals surface area (Å²) in [6.07, 6.45) is 2.58. The van der Waals surface area contributed by atoms with Crippen molar-refractivity contribution < 1.29 is 0 Å². The largest absolute Gasteiger partial charge is 0.0795 e. The quantitative estimate of drug-likeness (QED) is 0.527. The zero-order valence-electron chi connectivity index (χ0n) is 7.79. The molecule has 0 atom stereocenters. The van der Waals surface area contributed by atoms with Crippen molar-refractivity contribution in [1.82, 2.24) is 0 Å². The Hall–Kier alpha value is 0.730. The Morgan fingerprint density at radius 1 is 1.10 bits per heavy atom. The Bertz CT molecular complexity index is 97.8. The average Bonchev–Trinajstić information content (AvgIpc) is 1.60. The number of rotatable bonds is 3. The van der Waals surface area contributed by atoms with E-state index in [2.05, 4.69) is 57.2 Å². The molecule has 0 aromatic rings. The summed E-state index contributed by atoms with van der Waals surface area (Å²) in [6, 6.07) is 0. The predicted molar refractivity (Wildman–Crippen MR) is 56.8 cm³/mol. The van der Waals surface area contributed by atoms with Gasteiger partial charge in [-0.15, -0.1) is 0 Å². The summed E-state index contributed by atoms with van der Waals surface area (Å²) in [4.78, 5) is 0. The van der Waals surface area contributed by atoms with Gasteiger partial charge in [-0.25, -0.2) is 0 Å². The van der Waals surface area contributed by atoms with E-state index < -0.39 is 0 Å². The van der Waals surface area contributed by atoms with E-state index >= 15 is 0 Å². The van der Waals surface area contributed by atoms with E-state index in [0.29, 0.717) is 8.84 Å². The summed E-state index contributed by atoms with van der Waals surface area (Å²) >= 11 is 2.53. The van der Waals surface area contributed by atoms with Crippen LogP contribution in [-0.2, 0) is 0 Å². The van der Waals surface area contributed by atoms with Crippen molar-refractivity contribution in [3.05, 3.63) is 0 Å². The molecule has 0 rings (SSSR count). The van der Waals surface area contributed by atoms with Crippen LogP contribution in [0.4, 0.5) is 0 Å². The van der Waals surface area contributed by atoms with Crippen molar-refractivity contribution in [2.45, 2.75) is 50.9 Å². The number of halogens is 1. The molecular weight excluding hydrogens is 235 g/mol. The van der Waals surface area contributed by atoms with E-state index in [1.54, 1.807) is 0 Å². The molecule has 1 heteroatoms. The van der Waals surface area contributed by atoms with Crippen molar-refractivity contribution in [3.8, 4) is 0 Å². The van der Waals surface area contributed by atoms with Gasteiger partial charge in [0.1, 0.15) is 0 Å². The average molecular weight is 254 g/mol. The van der Waals surface area contributed by atoms with Crippen molar-refractivity contribution in [3.63, 3.8) is 0 Å². The van der Waals surface area contributed by atoms with E-state index in [0.717, 1.165) is 0 Å². The smallest absolute Gasteiger partial charge is 0.0171 e. The van der Waals surface area contributed by atoms with Gasteiger partial charge in [0.25, 0.3) is 0 Å². The zero-order chi connectivity index (χ0) is 8.41. The van der Waals surface area contributed by atoms with Gasteiger partial charge in [0.05, 0.1) is 0 Å². The van der Waals surface area contributed by atoms with Gasteiger partial charge < -0.3 is 0 Å². The molecule has 0 nitrogen and oxygen atoms in total. The Morgan fingerprint density at radius 2 is 1.50 bits per heavy atom. The van der Waals surface area contributed by atoms with Gasteiger partial charge in [0, 0.05) is 3.42 Å². The van der Waals surface area contributed by atoms with Crippen molar-refractivity contribution >= 4 is 22.6 Å². The van der Waals surface area contributed by atoms with Gasteiger partial charge in [0.2, 0.25) is 0 Å². The predicted octanol–water partition coefficient (Wildman–Crippen LogP) is 4.03. The van der Waals surface area contributed by atoms with Gasteiger partial charge in [0.15, 0.2) is 0 Å². The highest BCUT2D eigenvalue weighted by Crippen LogP contribution is 2.35. The third-order valence-electron chi connectivity index (χ3n) is 1.86. The third kappa shape index (κ3) is 5.51. The van der Waals surface area contributed by atoms with E-state index in [9.17, 15) is 0 Å². The van der Waals surface area contributed by atoms with Gasteiger partial charge in [-0.05, 0) is 11.8 Å². The van der Waals surface area contributed by atoms with E-state index in [1.165, 1.54) is 12.8 Å². The standard InChI is InChI=1S/C9H19I/c1-6-8(2,3)7-9(4,5)10/h6-7H2,1-5H3. The summed E-state index contributed by atoms with van der Waals surface area (Å²) in [5.74, 6) is 0. The molecule has 0 amide bonds. The van der Waals surface area contributed by atoms with Crippen LogP contribution in [0.25, 0.3) is 0 Å². The number of hydrogen-bond acceptors (Lipinski definition) is 0. The topological polar surface area (TPSA) is 0 Å². The van der Waals surface area contributed by atoms with Crippen LogP contribution in [0.3, 0.4) is 0 Å². The molecule has 0 aromatic carbocycles. The third-order valence-corrected chi connectivity index (χ3v) is 2.24. The molecule has 0 spiro atoms. The first kappa shape index (κ1) is 10.7. The van der Waals surface area contributed by atoms with Crippen LogP contribution < -0.4 is 0 Å². The molecule has 0 N–H and O–H groups in total. The molecular formula is C9H19I. The fourth-order valence-electron chi connectivity index (χ4n) is 1.26. The maximum atomic E-state index is 2.53. The SMILES string of the molecule is CCC(C)(C)CC(C)(C)I. The Kier molecular flexibility index (Phi) is 3.67. The first-order valence-electron chi connectivity index (χ1n) is 3.96. The van der Waals surface area contributed by atoms with Crippen LogP contribution in [0.1, 0.15) is 47.5 Å². The van der Waals surface area contributed by atoms with Gasteiger partial charge in [-0.1, -0.05) is 63.6 Å². The van der Waals surface area contributed by atoms with E-state index in [1.807, 2.05) is 0 Å². The summed E-state index contributed by atoms with van der Waals surface area (Å²) in [6.45, 7) is 11.5. The lowest BCUT2D eigenvalue weighted by Crippen LogP contribution is -2.21. The first-order chi connectivity index (χ1) is 4.27. The first-order valence-corrected chi connectivity index (χ1v) is 5.04. The van der Waals surface area contributed by atoms with Crippen molar-refractivity contribution in [2.24, 2.45) is 5.41 Å². The monoisotopic (exact) mass is 254 g/mol. The van der Waals surface area contributed by atoms with Crippen LogP contribution in [0.15, 0.2) is 0 Å². The molecule has 0 bridgehead atoms. The molecule has 0 aliphatic carbocycles. The summed E-state index contributed by atoms with van der Waals surface area (Å²) in [5.41, 5.74) is 0.519. The van der Waals surface area contributed by atoms with Gasteiger partial charge >= 0.3 is 0 Å². The maximum absolute atomic E-state index is 2.53. The molecule has 0 fully saturated rings. The molecule has 0 heterocycles. The lowest BCUT2D eigenvalue weighted by atomic mass is 9.82. The molecule has 0 saturated carbocycles. The Morgan fingerprint density at radius 3 is 1.60 bits per heavy atom. The minimum Gasteiger partial charge on any atom is -0.0795 e. The normalized spacial score (nSPS) is 13.8. The van der Waals surface area contributed by atoms with Crippen LogP contribution >= 0.6 is 22.6 Å². The zero-order valence-corrected chi connectivity index (χ0v) is 9.95. The second-order valence-corrected chi connectivity index (χ2v) is 7.33. The highest BCUT2D eigenvalue weighted by molar-refractivity contribution is 14.1. The van der Waals surface area contributed by atoms with Crippen LogP contribution in [0, 0.1) is 5.41 Å². The van der Waals surface area contributed by atoms with Crippen LogP contribution in [0.5, 0.6) is 0 Å². The molecule has 0 saturated heterocycles. The van der Waals surface area contributed by atoms with Gasteiger partial charge in [-0.2, -0.15) is 0 Å². The summed E-state index contributed by atoms with van der Waals surface area (Å²) in [5, 5.41) is 0. The molecule has 10 heavy (non-hydrogen) atoms. The number of hydrogen-bond donors (Lipinski definition) is 0. The molecule has 0 aliphatic rings. The van der Waals surface area contributed by atoms with Crippen molar-refractivity contribution in [1.29, 1.82) is 0 Å². The van der Waals surface area contributed by atoms with Crippen molar-refractivity contribution in [2.75, 3.05) is 0 Å². The lowest BCUT2D eigenvalue weighted by molar-refractivity contribution is 0.299. The van der Waals surface area contributed by atoms with E-state index in [-0.39, 0.29) is 0 Å². The fraction of sp³-hybridized carbons (Fsp3) is 1.00. The van der Waals surface area contributed by atoms with Gasteiger partial charge in [-0.3, -0.25) is 0 Å². The minimum absolute atomic E-state index is 0.456. The van der Waals surface area contributed by atoms with Crippen LogP contribution in [-0.4, -0.2) is 3.42 Å². The second-order valence-electron chi connectivity index (χ2n) is 4.41. The molecule has 0 aromatic heterocycles. The lowest BCUT2D eigenvalue weighted by Gasteiger charge is -2.29. The molecule has 62 valence electrons.